The van der Waals surface area contributed by atoms with Crippen molar-refractivity contribution in [1.29, 1.82) is 0 Å². The normalized spacial score (nSPS) is 14.8. The average Bonchev–Trinajstić information content (AvgIpc) is 2.88. The van der Waals surface area contributed by atoms with Crippen molar-refractivity contribution in [2.75, 3.05) is 23.3 Å². The molecule has 1 aliphatic rings. The topological polar surface area (TPSA) is 85.0 Å². The van der Waals surface area contributed by atoms with Gasteiger partial charge in [0.1, 0.15) is 22.9 Å². The molecule has 1 aliphatic heterocycles. The minimum Gasteiger partial charge on any atom is -0.372 e. The minimum atomic E-state index is -0.304. The van der Waals surface area contributed by atoms with Gasteiger partial charge in [0.25, 0.3) is 5.56 Å². The molecule has 1 fully saturated rings. The number of anilines is 2. The molecule has 0 bridgehead atoms. The third-order valence-electron chi connectivity index (χ3n) is 5.20. The van der Waals surface area contributed by atoms with E-state index in [-0.39, 0.29) is 18.0 Å². The van der Waals surface area contributed by atoms with Crippen molar-refractivity contribution < 1.29 is 4.79 Å². The number of rotatable bonds is 4. The highest BCUT2D eigenvalue weighted by molar-refractivity contribution is 9.10. The molecule has 29 heavy (non-hydrogen) atoms. The Morgan fingerprint density at radius 2 is 1.83 bits per heavy atom. The van der Waals surface area contributed by atoms with E-state index in [0.29, 0.717) is 21.3 Å². The zero-order valence-electron chi connectivity index (χ0n) is 16.3. The number of halogens is 1. The van der Waals surface area contributed by atoms with Crippen LogP contribution in [0.15, 0.2) is 40.0 Å². The Hall–Kier alpha value is -2.68. The molecule has 4 rings (SSSR count). The fourth-order valence-electron chi connectivity index (χ4n) is 3.69. The van der Waals surface area contributed by atoms with Crippen LogP contribution in [0.5, 0.6) is 0 Å². The van der Waals surface area contributed by atoms with Crippen LogP contribution in [-0.4, -0.2) is 38.3 Å². The van der Waals surface area contributed by atoms with Gasteiger partial charge in [-0.05, 0) is 53.0 Å². The van der Waals surface area contributed by atoms with Crippen LogP contribution in [0.2, 0.25) is 0 Å². The van der Waals surface area contributed by atoms with Gasteiger partial charge in [-0.1, -0.05) is 12.8 Å². The summed E-state index contributed by atoms with van der Waals surface area (Å²) in [5.41, 5.74) is 2.06. The Kier molecular flexibility index (Phi) is 5.66. The third-order valence-corrected chi connectivity index (χ3v) is 5.76. The number of amides is 1. The largest absolute Gasteiger partial charge is 0.372 e. The van der Waals surface area contributed by atoms with Crippen LogP contribution in [0.4, 0.5) is 11.4 Å². The first-order valence-corrected chi connectivity index (χ1v) is 10.5. The molecular formula is C20H23BrN6O2. The first kappa shape index (κ1) is 19.6. The molecule has 2 aromatic heterocycles. The quantitative estimate of drug-likeness (QED) is 0.649. The highest BCUT2D eigenvalue weighted by atomic mass is 79.9. The summed E-state index contributed by atoms with van der Waals surface area (Å²) in [5, 5.41) is 7.36. The van der Waals surface area contributed by atoms with Gasteiger partial charge in [-0.3, -0.25) is 14.2 Å². The SMILES string of the molecule is Cn1nc(Br)c2c(=O)n(CC(=O)Nc3ccc(N4CCCCCC4)cc3)cnc21. The van der Waals surface area contributed by atoms with Gasteiger partial charge in [0.2, 0.25) is 5.91 Å². The number of aryl methyl sites for hydroxylation is 1. The van der Waals surface area contributed by atoms with E-state index in [0.717, 1.165) is 13.1 Å². The first-order chi connectivity index (χ1) is 14.0. The second kappa shape index (κ2) is 8.36. The van der Waals surface area contributed by atoms with Gasteiger partial charge in [-0.25, -0.2) is 9.67 Å². The fraction of sp³-hybridized carbons (Fsp3) is 0.400. The molecule has 9 heteroatoms. The van der Waals surface area contributed by atoms with Gasteiger partial charge in [-0.15, -0.1) is 0 Å². The molecule has 152 valence electrons. The average molecular weight is 459 g/mol. The maximum absolute atomic E-state index is 12.7. The first-order valence-electron chi connectivity index (χ1n) is 9.75. The van der Waals surface area contributed by atoms with E-state index in [1.165, 1.54) is 46.9 Å². The monoisotopic (exact) mass is 458 g/mol. The van der Waals surface area contributed by atoms with E-state index in [1.807, 2.05) is 24.3 Å². The van der Waals surface area contributed by atoms with E-state index >= 15 is 0 Å². The van der Waals surface area contributed by atoms with E-state index in [4.69, 9.17) is 0 Å². The summed E-state index contributed by atoms with van der Waals surface area (Å²) >= 11 is 3.28. The van der Waals surface area contributed by atoms with Gasteiger partial charge in [0, 0.05) is 31.5 Å². The summed E-state index contributed by atoms with van der Waals surface area (Å²) in [4.78, 5) is 31.7. The summed E-state index contributed by atoms with van der Waals surface area (Å²) in [5.74, 6) is -0.282. The van der Waals surface area contributed by atoms with Crippen LogP contribution in [0.25, 0.3) is 11.0 Å². The molecular weight excluding hydrogens is 436 g/mol. The molecule has 1 aromatic carbocycles. The van der Waals surface area contributed by atoms with E-state index < -0.39 is 0 Å². The number of aromatic nitrogens is 4. The highest BCUT2D eigenvalue weighted by Gasteiger charge is 2.15. The lowest BCUT2D eigenvalue weighted by Gasteiger charge is -2.22. The number of nitrogens with one attached hydrogen (secondary N) is 1. The number of fused-ring (bicyclic) bond motifs is 1. The molecule has 3 aromatic rings. The van der Waals surface area contributed by atoms with Gasteiger partial charge >= 0.3 is 0 Å². The van der Waals surface area contributed by atoms with Crippen LogP contribution in [0.3, 0.4) is 0 Å². The Balaban J connectivity index is 1.44. The third kappa shape index (κ3) is 4.19. The Morgan fingerprint density at radius 1 is 1.14 bits per heavy atom. The van der Waals surface area contributed by atoms with Gasteiger partial charge in [-0.2, -0.15) is 5.10 Å². The van der Waals surface area contributed by atoms with Gasteiger partial charge < -0.3 is 10.2 Å². The number of benzene rings is 1. The Bertz CT molecular complexity index is 1080. The lowest BCUT2D eigenvalue weighted by atomic mass is 10.2. The molecule has 0 atom stereocenters. The van der Waals surface area contributed by atoms with Crippen molar-refractivity contribution in [2.45, 2.75) is 32.2 Å². The second-order valence-electron chi connectivity index (χ2n) is 7.29. The maximum Gasteiger partial charge on any atom is 0.266 e. The van der Waals surface area contributed by atoms with Crippen molar-refractivity contribution >= 4 is 44.2 Å². The van der Waals surface area contributed by atoms with E-state index in [1.54, 1.807) is 7.05 Å². The number of nitrogens with zero attached hydrogens (tertiary/aromatic N) is 5. The lowest BCUT2D eigenvalue weighted by molar-refractivity contribution is -0.116. The maximum atomic E-state index is 12.7. The predicted octanol–water partition coefficient (Wildman–Crippen LogP) is 2.91. The predicted molar refractivity (Wildman–Crippen MR) is 116 cm³/mol. The Morgan fingerprint density at radius 3 is 2.52 bits per heavy atom. The number of hydrogen-bond donors (Lipinski definition) is 1. The number of hydrogen-bond acceptors (Lipinski definition) is 5. The van der Waals surface area contributed by atoms with Gasteiger partial charge in [0.05, 0.1) is 0 Å². The highest BCUT2D eigenvalue weighted by Crippen LogP contribution is 2.21. The van der Waals surface area contributed by atoms with Gasteiger partial charge in [0.15, 0.2) is 5.65 Å². The number of carbonyl (C=O) groups is 1. The molecule has 0 radical (unpaired) electrons. The van der Waals surface area contributed by atoms with Crippen molar-refractivity contribution in [2.24, 2.45) is 7.05 Å². The molecule has 3 heterocycles. The van der Waals surface area contributed by atoms with Crippen LogP contribution < -0.4 is 15.8 Å². The molecule has 8 nitrogen and oxygen atoms in total. The number of carbonyl (C=O) groups excluding carboxylic acids is 1. The molecule has 0 unspecified atom stereocenters. The molecule has 1 N–H and O–H groups in total. The summed E-state index contributed by atoms with van der Waals surface area (Å²) < 4.78 is 3.23. The zero-order valence-corrected chi connectivity index (χ0v) is 17.9. The summed E-state index contributed by atoms with van der Waals surface area (Å²) in [6, 6.07) is 7.88. The van der Waals surface area contributed by atoms with Crippen LogP contribution >= 0.6 is 15.9 Å². The summed E-state index contributed by atoms with van der Waals surface area (Å²) in [6.45, 7) is 2.04. The van der Waals surface area contributed by atoms with Crippen LogP contribution in [0, 0.1) is 0 Å². The van der Waals surface area contributed by atoms with E-state index in [9.17, 15) is 9.59 Å². The molecule has 0 aliphatic carbocycles. The standard InChI is InChI=1S/C20H23BrN6O2/c1-25-19-17(18(21)24-25)20(29)27(13-22-19)12-16(28)23-14-6-8-15(9-7-14)26-10-4-2-3-5-11-26/h6-9,13H,2-5,10-12H2,1H3,(H,23,28). The summed E-state index contributed by atoms with van der Waals surface area (Å²) in [7, 11) is 1.71. The summed E-state index contributed by atoms with van der Waals surface area (Å²) in [6.07, 6.45) is 6.40. The van der Waals surface area contributed by atoms with Crippen LogP contribution in [-0.2, 0) is 18.4 Å². The lowest BCUT2D eigenvalue weighted by Crippen LogP contribution is -2.28. The fourth-order valence-corrected chi connectivity index (χ4v) is 4.27. The molecule has 0 spiro atoms. The Labute approximate surface area is 176 Å². The smallest absolute Gasteiger partial charge is 0.266 e. The second-order valence-corrected chi connectivity index (χ2v) is 8.04. The minimum absolute atomic E-state index is 0.114. The van der Waals surface area contributed by atoms with Crippen LogP contribution in [0.1, 0.15) is 25.7 Å². The van der Waals surface area contributed by atoms with Crippen molar-refractivity contribution in [1.82, 2.24) is 19.3 Å². The molecule has 1 saturated heterocycles. The van der Waals surface area contributed by atoms with Crippen molar-refractivity contribution in [3.05, 3.63) is 45.5 Å². The molecule has 0 saturated carbocycles. The zero-order chi connectivity index (χ0) is 20.4. The van der Waals surface area contributed by atoms with Crippen molar-refractivity contribution in [3.63, 3.8) is 0 Å². The van der Waals surface area contributed by atoms with Crippen molar-refractivity contribution in [3.8, 4) is 0 Å². The van der Waals surface area contributed by atoms with E-state index in [2.05, 4.69) is 36.2 Å². The molecule has 1 amide bonds.